The minimum absolute atomic E-state index is 0.0597. The van der Waals surface area contributed by atoms with Gasteiger partial charge in [-0.3, -0.25) is 4.90 Å². The standard InChI is InChI=1S/C32H37N3O6/c1-32(2,3)41-30(38)34-17-8-9-22(16-18-34)35(19-21-14-15-28(33-21)29(36)37)31(39)40-20-27-25-12-6-4-10-23(25)24-11-5-7-13-26(24)27/h4-7,10-15,22,27,33H,8-9,16-20H2,1-3H3,(H,36,37). The second kappa shape index (κ2) is 11.7. The molecule has 2 aliphatic rings. The fourth-order valence-corrected chi connectivity index (χ4v) is 5.76. The largest absolute Gasteiger partial charge is 0.477 e. The highest BCUT2D eigenvalue weighted by molar-refractivity contribution is 5.85. The number of H-pyrrole nitrogens is 1. The first-order valence-electron chi connectivity index (χ1n) is 14.1. The summed E-state index contributed by atoms with van der Waals surface area (Å²) < 4.78 is 11.6. The van der Waals surface area contributed by atoms with Gasteiger partial charge in [-0.25, -0.2) is 14.4 Å². The van der Waals surface area contributed by atoms with E-state index in [0.717, 1.165) is 22.3 Å². The van der Waals surface area contributed by atoms with Crippen molar-refractivity contribution < 1.29 is 29.0 Å². The van der Waals surface area contributed by atoms with Gasteiger partial charge in [0.2, 0.25) is 0 Å². The first-order chi connectivity index (χ1) is 19.6. The number of aromatic amines is 1. The van der Waals surface area contributed by atoms with E-state index >= 15 is 0 Å². The van der Waals surface area contributed by atoms with Gasteiger partial charge in [-0.15, -0.1) is 0 Å². The van der Waals surface area contributed by atoms with Crippen LogP contribution in [0.2, 0.25) is 0 Å². The third-order valence-electron chi connectivity index (χ3n) is 7.68. The molecule has 1 atom stereocenters. The molecule has 3 aromatic rings. The monoisotopic (exact) mass is 559 g/mol. The average Bonchev–Trinajstić information content (AvgIpc) is 3.44. The molecule has 0 radical (unpaired) electrons. The average molecular weight is 560 g/mol. The normalized spacial score (nSPS) is 16.9. The van der Waals surface area contributed by atoms with E-state index in [4.69, 9.17) is 9.47 Å². The zero-order valence-corrected chi connectivity index (χ0v) is 23.8. The highest BCUT2D eigenvalue weighted by atomic mass is 16.6. The molecule has 2 N–H and O–H groups in total. The van der Waals surface area contributed by atoms with Crippen molar-refractivity contribution in [2.75, 3.05) is 19.7 Å². The van der Waals surface area contributed by atoms with Gasteiger partial charge in [0.05, 0.1) is 6.54 Å². The number of carbonyl (C=O) groups excluding carboxylic acids is 2. The lowest BCUT2D eigenvalue weighted by Gasteiger charge is -2.31. The van der Waals surface area contributed by atoms with E-state index in [1.165, 1.54) is 6.07 Å². The van der Waals surface area contributed by atoms with Gasteiger partial charge in [0.1, 0.15) is 17.9 Å². The number of carboxylic acids is 1. The predicted octanol–water partition coefficient (Wildman–Crippen LogP) is 6.25. The number of nitrogens with one attached hydrogen (secondary N) is 1. The second-order valence-electron chi connectivity index (χ2n) is 11.7. The van der Waals surface area contributed by atoms with Crippen molar-refractivity contribution in [1.29, 1.82) is 0 Å². The highest BCUT2D eigenvalue weighted by Crippen LogP contribution is 2.44. The van der Waals surface area contributed by atoms with E-state index in [1.54, 1.807) is 15.9 Å². The Bertz CT molecular complexity index is 1380. The van der Waals surface area contributed by atoms with E-state index in [2.05, 4.69) is 29.2 Å². The van der Waals surface area contributed by atoms with Gasteiger partial charge in [0.15, 0.2) is 0 Å². The minimum atomic E-state index is -1.06. The van der Waals surface area contributed by atoms with Crippen LogP contribution in [-0.4, -0.2) is 69.4 Å². The number of aromatic nitrogens is 1. The number of hydrogen-bond donors (Lipinski definition) is 2. The molecule has 216 valence electrons. The molecule has 2 heterocycles. The summed E-state index contributed by atoms with van der Waals surface area (Å²) in [4.78, 5) is 44.2. The summed E-state index contributed by atoms with van der Waals surface area (Å²) in [6, 6.07) is 19.3. The lowest BCUT2D eigenvalue weighted by atomic mass is 9.98. The number of rotatable bonds is 6. The van der Waals surface area contributed by atoms with Crippen molar-refractivity contribution in [2.24, 2.45) is 0 Å². The fraction of sp³-hybridized carbons (Fsp3) is 0.406. The topological polar surface area (TPSA) is 112 Å². The Labute approximate surface area is 240 Å². The van der Waals surface area contributed by atoms with Gasteiger partial charge >= 0.3 is 18.2 Å². The first kappa shape index (κ1) is 28.3. The molecule has 1 fully saturated rings. The number of ether oxygens (including phenoxy) is 2. The molecule has 9 nitrogen and oxygen atoms in total. The summed E-state index contributed by atoms with van der Waals surface area (Å²) in [5, 5.41) is 9.37. The van der Waals surface area contributed by atoms with Gasteiger partial charge < -0.3 is 24.5 Å². The van der Waals surface area contributed by atoms with E-state index in [-0.39, 0.29) is 36.9 Å². The molecule has 1 saturated heterocycles. The number of fused-ring (bicyclic) bond motifs is 3. The van der Waals surface area contributed by atoms with Crippen molar-refractivity contribution in [1.82, 2.24) is 14.8 Å². The molecule has 0 bridgehead atoms. The Morgan fingerprint density at radius 1 is 0.951 bits per heavy atom. The van der Waals surface area contributed by atoms with E-state index in [1.807, 2.05) is 45.0 Å². The van der Waals surface area contributed by atoms with Crippen LogP contribution in [0.1, 0.15) is 73.3 Å². The molecule has 2 amide bonds. The van der Waals surface area contributed by atoms with Crippen LogP contribution in [0.5, 0.6) is 0 Å². The third kappa shape index (κ3) is 6.39. The van der Waals surface area contributed by atoms with Gasteiger partial charge in [-0.1, -0.05) is 48.5 Å². The summed E-state index contributed by atoms with van der Waals surface area (Å²) in [6.45, 7) is 6.85. The molecule has 1 aromatic heterocycles. The second-order valence-corrected chi connectivity index (χ2v) is 11.7. The number of amides is 2. The van der Waals surface area contributed by atoms with Crippen LogP contribution < -0.4 is 0 Å². The maximum Gasteiger partial charge on any atom is 0.410 e. The molecule has 0 spiro atoms. The van der Waals surface area contributed by atoms with Gasteiger partial charge in [0.25, 0.3) is 0 Å². The number of nitrogens with zero attached hydrogens (tertiary/aromatic N) is 2. The Balaban J connectivity index is 1.33. The zero-order chi connectivity index (χ0) is 29.1. The van der Waals surface area contributed by atoms with Crippen LogP contribution in [0.4, 0.5) is 9.59 Å². The summed E-state index contributed by atoms with van der Waals surface area (Å²) in [5.74, 6) is -1.14. The number of benzene rings is 2. The minimum Gasteiger partial charge on any atom is -0.477 e. The van der Waals surface area contributed by atoms with Crippen LogP contribution in [0.25, 0.3) is 11.1 Å². The van der Waals surface area contributed by atoms with Crippen LogP contribution in [-0.2, 0) is 16.0 Å². The van der Waals surface area contributed by atoms with Crippen molar-refractivity contribution >= 4 is 18.2 Å². The fourth-order valence-electron chi connectivity index (χ4n) is 5.76. The van der Waals surface area contributed by atoms with Crippen LogP contribution in [0.3, 0.4) is 0 Å². The van der Waals surface area contributed by atoms with Gasteiger partial charge in [-0.2, -0.15) is 0 Å². The van der Waals surface area contributed by atoms with Crippen molar-refractivity contribution in [3.63, 3.8) is 0 Å². The van der Waals surface area contributed by atoms with E-state index in [9.17, 15) is 19.5 Å². The SMILES string of the molecule is CC(C)(C)OC(=O)N1CCCC(N(Cc2ccc(C(=O)O)[nH]2)C(=O)OCC2c3ccccc3-c3ccccc32)CC1. The summed E-state index contributed by atoms with van der Waals surface area (Å²) in [7, 11) is 0. The summed E-state index contributed by atoms with van der Waals surface area (Å²) in [5.41, 5.74) is 4.63. The molecule has 9 heteroatoms. The van der Waals surface area contributed by atoms with Crippen LogP contribution >= 0.6 is 0 Å². The van der Waals surface area contributed by atoms with E-state index < -0.39 is 17.7 Å². The lowest BCUT2D eigenvalue weighted by Crippen LogP contribution is -2.42. The molecule has 2 aromatic carbocycles. The molecular formula is C32H37N3O6. The number of hydrogen-bond acceptors (Lipinski definition) is 5. The molecule has 1 aliphatic carbocycles. The Hall–Kier alpha value is -4.27. The predicted molar refractivity (Wildman–Crippen MR) is 154 cm³/mol. The van der Waals surface area contributed by atoms with Gasteiger partial charge in [0, 0.05) is 30.7 Å². The molecule has 5 rings (SSSR count). The molecule has 41 heavy (non-hydrogen) atoms. The first-order valence-corrected chi connectivity index (χ1v) is 14.1. The van der Waals surface area contributed by atoms with Crippen molar-refractivity contribution in [3.8, 4) is 11.1 Å². The van der Waals surface area contributed by atoms with Crippen molar-refractivity contribution in [2.45, 2.75) is 64.1 Å². The maximum atomic E-state index is 13.8. The highest BCUT2D eigenvalue weighted by Gasteiger charge is 2.33. The summed E-state index contributed by atoms with van der Waals surface area (Å²) in [6.07, 6.45) is 1.10. The Kier molecular flexibility index (Phi) is 8.06. The lowest BCUT2D eigenvalue weighted by molar-refractivity contribution is 0.0252. The number of likely N-dealkylation sites (tertiary alicyclic amines) is 1. The quantitative estimate of drug-likeness (QED) is 0.369. The zero-order valence-electron chi connectivity index (χ0n) is 23.8. The molecule has 0 saturated carbocycles. The molecular weight excluding hydrogens is 522 g/mol. The van der Waals surface area contributed by atoms with Crippen molar-refractivity contribution in [3.05, 3.63) is 83.2 Å². The van der Waals surface area contributed by atoms with Crippen LogP contribution in [0, 0.1) is 0 Å². The number of aromatic carboxylic acids is 1. The number of carboxylic acid groups (broad SMARTS) is 1. The molecule has 1 aliphatic heterocycles. The smallest absolute Gasteiger partial charge is 0.410 e. The summed E-state index contributed by atoms with van der Waals surface area (Å²) >= 11 is 0. The molecule has 1 unspecified atom stereocenters. The maximum absolute atomic E-state index is 13.8. The van der Waals surface area contributed by atoms with Gasteiger partial charge in [-0.05, 0) is 74.4 Å². The Morgan fingerprint density at radius 2 is 1.61 bits per heavy atom. The Morgan fingerprint density at radius 3 is 2.22 bits per heavy atom. The van der Waals surface area contributed by atoms with E-state index in [0.29, 0.717) is 38.0 Å². The van der Waals surface area contributed by atoms with Crippen LogP contribution in [0.15, 0.2) is 60.7 Å². The third-order valence-corrected chi connectivity index (χ3v) is 7.68. The number of carbonyl (C=O) groups is 3.